The smallest absolute Gasteiger partial charge is 0.211 e. The van der Waals surface area contributed by atoms with Gasteiger partial charge >= 0.3 is 0 Å². The molecule has 3 aliphatic rings. The molecule has 3 aliphatic carbocycles. The fourth-order valence-electron chi connectivity index (χ4n) is 4.74. The topological polar surface area (TPSA) is 58.9 Å². The van der Waals surface area contributed by atoms with E-state index in [1.165, 1.54) is 12.8 Å². The third-order valence-corrected chi connectivity index (χ3v) is 5.26. The predicted molar refractivity (Wildman–Crippen MR) is 60.9 cm³/mol. The average Bonchev–Trinajstić information content (AvgIpc) is 2.78. The molecule has 0 heterocycles. The van der Waals surface area contributed by atoms with Crippen LogP contribution in [0.15, 0.2) is 9.98 Å². The summed E-state index contributed by atoms with van der Waals surface area (Å²) in [5.74, 6) is 1.82. The molecule has 90 valence electrons. The Balaban J connectivity index is 2.07. The summed E-state index contributed by atoms with van der Waals surface area (Å²) in [6.45, 7) is 0. The zero-order valence-corrected chi connectivity index (χ0v) is 9.76. The van der Waals surface area contributed by atoms with Crippen LogP contribution in [-0.4, -0.2) is 23.7 Å². The van der Waals surface area contributed by atoms with Gasteiger partial charge in [-0.2, -0.15) is 9.98 Å². The van der Waals surface area contributed by atoms with Crippen molar-refractivity contribution in [3.63, 3.8) is 0 Å². The number of aliphatic imine (C=N–C) groups is 2. The van der Waals surface area contributed by atoms with Gasteiger partial charge in [-0.1, -0.05) is 6.42 Å². The van der Waals surface area contributed by atoms with Crippen molar-refractivity contribution in [2.75, 3.05) is 0 Å². The molecular weight excluding hydrogens is 216 g/mol. The number of hydrogen-bond donors (Lipinski definition) is 0. The standard InChI is InChI=1S/C13H16N2O2/c16-7-14-12-3-1-2-10-9-4-5-11(10)13(12,6-9)15-8-17/h9-12H,1-6H2. The van der Waals surface area contributed by atoms with E-state index in [0.29, 0.717) is 17.8 Å². The van der Waals surface area contributed by atoms with E-state index >= 15 is 0 Å². The fourth-order valence-corrected chi connectivity index (χ4v) is 4.74. The minimum atomic E-state index is -0.413. The second-order valence-electron chi connectivity index (χ2n) is 5.67. The normalized spacial score (nSPS) is 46.8. The summed E-state index contributed by atoms with van der Waals surface area (Å²) in [4.78, 5) is 29.4. The third-order valence-electron chi connectivity index (χ3n) is 5.26. The van der Waals surface area contributed by atoms with Gasteiger partial charge in [0.1, 0.15) is 0 Å². The molecule has 0 spiro atoms. The van der Waals surface area contributed by atoms with Crippen LogP contribution in [0.5, 0.6) is 0 Å². The molecular formula is C13H16N2O2. The molecule has 3 saturated carbocycles. The van der Waals surface area contributed by atoms with Gasteiger partial charge in [-0.15, -0.1) is 0 Å². The number of carbonyl (C=O) groups excluding carboxylic acids is 2. The number of isocyanates is 2. The van der Waals surface area contributed by atoms with Crippen LogP contribution in [0.1, 0.15) is 38.5 Å². The first-order chi connectivity index (χ1) is 8.31. The first-order valence-electron chi connectivity index (χ1n) is 6.48. The minimum Gasteiger partial charge on any atom is -0.211 e. The highest BCUT2D eigenvalue weighted by Gasteiger charge is 2.61. The summed E-state index contributed by atoms with van der Waals surface area (Å²) < 4.78 is 0. The SMILES string of the molecule is O=C=NC1CCCC2C3CCC2C1(N=C=O)C3. The molecule has 4 bridgehead atoms. The maximum atomic E-state index is 10.8. The summed E-state index contributed by atoms with van der Waals surface area (Å²) >= 11 is 0. The molecule has 5 unspecified atom stereocenters. The summed E-state index contributed by atoms with van der Waals surface area (Å²) in [6.07, 6.45) is 9.88. The second kappa shape index (κ2) is 3.90. The van der Waals surface area contributed by atoms with E-state index in [0.717, 1.165) is 25.7 Å². The molecule has 4 heteroatoms. The average molecular weight is 232 g/mol. The van der Waals surface area contributed by atoms with Gasteiger partial charge in [-0.25, -0.2) is 9.59 Å². The zero-order chi connectivity index (χ0) is 11.9. The van der Waals surface area contributed by atoms with Crippen molar-refractivity contribution in [3.8, 4) is 0 Å². The Kier molecular flexibility index (Phi) is 2.50. The maximum absolute atomic E-state index is 10.8. The lowest BCUT2D eigenvalue weighted by Crippen LogP contribution is -2.44. The third kappa shape index (κ3) is 1.38. The Labute approximate surface area is 100 Å². The van der Waals surface area contributed by atoms with Crippen LogP contribution in [0.2, 0.25) is 0 Å². The van der Waals surface area contributed by atoms with E-state index in [9.17, 15) is 9.59 Å². The molecule has 0 aromatic rings. The van der Waals surface area contributed by atoms with Gasteiger partial charge in [-0.05, 0) is 49.9 Å². The van der Waals surface area contributed by atoms with E-state index in [1.54, 1.807) is 12.2 Å². The fraction of sp³-hybridized carbons (Fsp3) is 0.846. The Morgan fingerprint density at radius 3 is 2.71 bits per heavy atom. The highest BCUT2D eigenvalue weighted by molar-refractivity contribution is 5.39. The lowest BCUT2D eigenvalue weighted by Gasteiger charge is -2.36. The van der Waals surface area contributed by atoms with Crippen molar-refractivity contribution in [3.05, 3.63) is 0 Å². The molecule has 0 N–H and O–H groups in total. The van der Waals surface area contributed by atoms with E-state index in [4.69, 9.17) is 0 Å². The first-order valence-corrected chi connectivity index (χ1v) is 6.48. The monoisotopic (exact) mass is 232 g/mol. The Hall–Kier alpha value is -1.24. The first kappa shape index (κ1) is 10.9. The van der Waals surface area contributed by atoms with E-state index in [1.807, 2.05) is 0 Å². The van der Waals surface area contributed by atoms with Crippen molar-refractivity contribution in [1.82, 2.24) is 0 Å². The summed E-state index contributed by atoms with van der Waals surface area (Å²) in [7, 11) is 0. The summed E-state index contributed by atoms with van der Waals surface area (Å²) in [6, 6.07) is -0.137. The molecule has 0 saturated heterocycles. The second-order valence-corrected chi connectivity index (χ2v) is 5.67. The highest BCUT2D eigenvalue weighted by atomic mass is 16.1. The maximum Gasteiger partial charge on any atom is 0.235 e. The van der Waals surface area contributed by atoms with E-state index in [2.05, 4.69) is 9.98 Å². The summed E-state index contributed by atoms with van der Waals surface area (Å²) in [5.41, 5.74) is -0.413. The summed E-state index contributed by atoms with van der Waals surface area (Å²) in [5, 5.41) is 0. The molecule has 0 aliphatic heterocycles. The van der Waals surface area contributed by atoms with Gasteiger partial charge in [0.15, 0.2) is 0 Å². The van der Waals surface area contributed by atoms with Crippen LogP contribution in [0.4, 0.5) is 0 Å². The molecule has 4 nitrogen and oxygen atoms in total. The van der Waals surface area contributed by atoms with Crippen molar-refractivity contribution >= 4 is 12.2 Å². The van der Waals surface area contributed by atoms with Crippen molar-refractivity contribution in [2.45, 2.75) is 50.1 Å². The molecule has 3 rings (SSSR count). The van der Waals surface area contributed by atoms with Gasteiger partial charge in [0, 0.05) is 0 Å². The predicted octanol–water partition coefficient (Wildman–Crippen LogP) is 2.00. The van der Waals surface area contributed by atoms with Gasteiger partial charge in [0.25, 0.3) is 0 Å². The minimum absolute atomic E-state index is 0.137. The molecule has 17 heavy (non-hydrogen) atoms. The quantitative estimate of drug-likeness (QED) is 0.540. The largest absolute Gasteiger partial charge is 0.235 e. The Bertz CT molecular complexity index is 423. The van der Waals surface area contributed by atoms with Gasteiger partial charge in [0.05, 0.1) is 11.6 Å². The highest BCUT2D eigenvalue weighted by Crippen LogP contribution is 2.61. The number of rotatable bonds is 2. The Morgan fingerprint density at radius 2 is 1.94 bits per heavy atom. The molecule has 3 fully saturated rings. The van der Waals surface area contributed by atoms with E-state index in [-0.39, 0.29) is 6.04 Å². The van der Waals surface area contributed by atoms with Crippen LogP contribution >= 0.6 is 0 Å². The van der Waals surface area contributed by atoms with Crippen molar-refractivity contribution < 1.29 is 9.59 Å². The lowest BCUT2D eigenvalue weighted by molar-refractivity contribution is 0.223. The lowest BCUT2D eigenvalue weighted by atomic mass is 9.75. The van der Waals surface area contributed by atoms with Gasteiger partial charge in [0.2, 0.25) is 12.2 Å². The Morgan fingerprint density at radius 1 is 1.06 bits per heavy atom. The van der Waals surface area contributed by atoms with Gasteiger partial charge in [-0.3, -0.25) is 0 Å². The molecule has 0 aromatic heterocycles. The molecule has 5 atom stereocenters. The number of hydrogen-bond acceptors (Lipinski definition) is 4. The van der Waals surface area contributed by atoms with Crippen LogP contribution in [-0.2, 0) is 9.59 Å². The van der Waals surface area contributed by atoms with Crippen molar-refractivity contribution in [1.29, 1.82) is 0 Å². The van der Waals surface area contributed by atoms with Crippen molar-refractivity contribution in [2.24, 2.45) is 27.7 Å². The zero-order valence-electron chi connectivity index (χ0n) is 9.76. The van der Waals surface area contributed by atoms with Crippen LogP contribution in [0.25, 0.3) is 0 Å². The van der Waals surface area contributed by atoms with Crippen LogP contribution in [0, 0.1) is 17.8 Å². The van der Waals surface area contributed by atoms with Crippen LogP contribution < -0.4 is 0 Å². The molecule has 0 aromatic carbocycles. The molecule has 0 radical (unpaired) electrons. The number of nitrogens with zero attached hydrogens (tertiary/aromatic N) is 2. The van der Waals surface area contributed by atoms with Gasteiger partial charge < -0.3 is 0 Å². The van der Waals surface area contributed by atoms with Crippen LogP contribution in [0.3, 0.4) is 0 Å². The van der Waals surface area contributed by atoms with E-state index < -0.39 is 5.54 Å². The molecule has 0 amide bonds.